The smallest absolute Gasteiger partial charge is 0.356 e. The Balaban J connectivity index is 1.54. The van der Waals surface area contributed by atoms with Crippen molar-refractivity contribution in [1.29, 1.82) is 0 Å². The Labute approximate surface area is 214 Å². The van der Waals surface area contributed by atoms with Crippen LogP contribution in [0.1, 0.15) is 60.3 Å². The Morgan fingerprint density at radius 3 is 2.53 bits per heavy atom. The lowest BCUT2D eigenvalue weighted by Crippen LogP contribution is -2.62. The summed E-state index contributed by atoms with van der Waals surface area (Å²) in [5.74, 6) is -0.242. The topological polar surface area (TPSA) is 119 Å². The first-order chi connectivity index (χ1) is 16.8. The average Bonchev–Trinajstić information content (AvgIpc) is 3.06. The number of hydrogen-bond acceptors (Lipinski definition) is 8. The van der Waals surface area contributed by atoms with Gasteiger partial charge >= 0.3 is 7.60 Å². The maximum atomic E-state index is 13.4. The second-order valence-corrected chi connectivity index (χ2v) is 13.5. The minimum Gasteiger partial charge on any atom is -0.393 e. The van der Waals surface area contributed by atoms with Gasteiger partial charge in [-0.05, 0) is 69.4 Å². The maximum Gasteiger partial charge on any atom is 0.356 e. The van der Waals surface area contributed by atoms with Crippen LogP contribution in [-0.4, -0.2) is 59.7 Å². The Morgan fingerprint density at radius 1 is 1.22 bits per heavy atom. The Kier molecular flexibility index (Phi) is 7.64. The molecule has 2 N–H and O–H groups in total. The minimum absolute atomic E-state index is 0.0121. The van der Waals surface area contributed by atoms with Crippen LogP contribution in [0.2, 0.25) is 0 Å². The second-order valence-electron chi connectivity index (χ2n) is 11.5. The lowest BCUT2D eigenvalue weighted by atomic mass is 9.45. The summed E-state index contributed by atoms with van der Waals surface area (Å²) >= 11 is 0. The number of ether oxygens (including phenoxy) is 1. The molecule has 0 aromatic carbocycles. The van der Waals surface area contributed by atoms with E-state index in [1.807, 2.05) is 13.0 Å². The van der Waals surface area contributed by atoms with Gasteiger partial charge in [-0.15, -0.1) is 0 Å². The number of hydrogen-bond donors (Lipinski definition) is 2. The van der Waals surface area contributed by atoms with Crippen LogP contribution in [0, 0.1) is 34.5 Å². The highest BCUT2D eigenvalue weighted by Gasteiger charge is 2.68. The van der Waals surface area contributed by atoms with E-state index in [1.165, 1.54) is 0 Å². The van der Waals surface area contributed by atoms with E-state index >= 15 is 0 Å². The third-order valence-electron chi connectivity index (χ3n) is 9.56. The van der Waals surface area contributed by atoms with E-state index in [-0.39, 0.29) is 55.4 Å². The molecule has 0 heterocycles. The molecule has 8 nitrogen and oxygen atoms in total. The van der Waals surface area contributed by atoms with Gasteiger partial charge in [0.15, 0.2) is 11.6 Å². The van der Waals surface area contributed by atoms with Gasteiger partial charge in [0, 0.05) is 16.7 Å². The molecule has 8 atom stereocenters. The molecule has 0 aliphatic heterocycles. The van der Waals surface area contributed by atoms with Crippen molar-refractivity contribution in [3.8, 4) is 0 Å². The Morgan fingerprint density at radius 2 is 1.89 bits per heavy atom. The van der Waals surface area contributed by atoms with Crippen molar-refractivity contribution in [2.75, 3.05) is 26.2 Å². The molecule has 0 amide bonds. The molecule has 0 aromatic rings. The molecule has 0 aromatic heterocycles. The summed E-state index contributed by atoms with van der Waals surface area (Å²) in [4.78, 5) is 25.5. The van der Waals surface area contributed by atoms with Crippen LogP contribution in [0.25, 0.3) is 0 Å². The van der Waals surface area contributed by atoms with Crippen LogP contribution < -0.4 is 0 Å². The number of aliphatic hydroxyl groups is 2. The normalized spacial score (nSPS) is 41.9. The quantitative estimate of drug-likeness (QED) is 0.434. The summed E-state index contributed by atoms with van der Waals surface area (Å²) in [5.41, 5.74) is -1.82. The molecule has 202 valence electrons. The highest BCUT2D eigenvalue weighted by molar-refractivity contribution is 7.53. The molecule has 0 bridgehead atoms. The number of Topliss-reactive ketones (excluding diaryl/α,β-unsaturated/α-hetero) is 1. The van der Waals surface area contributed by atoms with Crippen molar-refractivity contribution < 1.29 is 38.2 Å². The molecule has 4 aliphatic carbocycles. The maximum absolute atomic E-state index is 13.4. The van der Waals surface area contributed by atoms with Crippen LogP contribution in [0.4, 0.5) is 0 Å². The van der Waals surface area contributed by atoms with E-state index in [0.29, 0.717) is 12.8 Å². The van der Waals surface area contributed by atoms with Crippen LogP contribution in [-0.2, 0) is 27.9 Å². The fourth-order valence-electron chi connectivity index (χ4n) is 8.09. The van der Waals surface area contributed by atoms with Crippen LogP contribution in [0.3, 0.4) is 0 Å². The van der Waals surface area contributed by atoms with E-state index in [0.717, 1.165) is 12.0 Å². The lowest BCUT2D eigenvalue weighted by Gasteiger charge is -2.60. The molecule has 3 fully saturated rings. The first-order valence-corrected chi connectivity index (χ1v) is 14.9. The van der Waals surface area contributed by atoms with Crippen molar-refractivity contribution >= 4 is 19.2 Å². The van der Waals surface area contributed by atoms with Gasteiger partial charge in [0.25, 0.3) is 0 Å². The van der Waals surface area contributed by atoms with Crippen LogP contribution in [0.15, 0.2) is 23.8 Å². The van der Waals surface area contributed by atoms with Gasteiger partial charge in [0.05, 0.1) is 19.3 Å². The third-order valence-corrected chi connectivity index (χ3v) is 11.4. The van der Waals surface area contributed by atoms with Gasteiger partial charge in [0.1, 0.15) is 18.6 Å². The molecular formula is C27H41O8P. The highest BCUT2D eigenvalue weighted by Crippen LogP contribution is 2.67. The minimum atomic E-state index is -3.47. The number of fused-ring (bicyclic) bond motifs is 5. The summed E-state index contributed by atoms with van der Waals surface area (Å²) in [5, 5.41) is 23.3. The number of allylic oxidation sites excluding steroid dienone is 4. The lowest BCUT2D eigenvalue weighted by molar-refractivity contribution is -0.181. The molecular weight excluding hydrogens is 483 g/mol. The SMILES string of the molecule is CCOP(=O)(COCC(=O)[C@@]1(O)CC[C@H]2[C@@H]3C[C@H](C)C4=CC(=O)C=C[C@]4(C)[C@H]3[C@@H](O)C[C@@]21C)OCC. The number of aliphatic hydroxyl groups excluding tert-OH is 1. The predicted molar refractivity (Wildman–Crippen MR) is 134 cm³/mol. The molecule has 0 unspecified atom stereocenters. The van der Waals surface area contributed by atoms with Gasteiger partial charge in [-0.25, -0.2) is 0 Å². The number of ketones is 2. The molecule has 3 saturated carbocycles. The Hall–Kier alpha value is -1.15. The zero-order chi connectivity index (χ0) is 26.5. The number of carbonyl (C=O) groups excluding carboxylic acids is 2. The fraction of sp³-hybridized carbons (Fsp3) is 0.778. The van der Waals surface area contributed by atoms with Crippen molar-refractivity contribution in [2.45, 2.75) is 72.0 Å². The third kappa shape index (κ3) is 4.32. The summed E-state index contributed by atoms with van der Waals surface area (Å²) in [6.07, 6.45) is 6.26. The standard InChI is InChI=1S/C27H41O8P/c1-6-34-36(32,35-7-2)16-33-15-23(30)27(31)11-9-20-19-12-17(3)21-13-18(28)8-10-25(21,4)24(19)22(29)14-26(20,27)5/h8,10,13,17,19-20,22,24,29,31H,6-7,9,11-12,14-16H2,1-5H3/t17-,19-,20-,22-,24+,25-,26-,27-/m0/s1. The molecule has 9 heteroatoms. The van der Waals surface area contributed by atoms with Crippen molar-refractivity contribution in [3.63, 3.8) is 0 Å². The van der Waals surface area contributed by atoms with Crippen LogP contribution >= 0.6 is 7.60 Å². The zero-order valence-electron chi connectivity index (χ0n) is 22.1. The van der Waals surface area contributed by atoms with E-state index in [1.54, 1.807) is 26.0 Å². The first-order valence-electron chi connectivity index (χ1n) is 13.2. The van der Waals surface area contributed by atoms with Crippen molar-refractivity contribution in [2.24, 2.45) is 34.5 Å². The molecule has 0 spiro atoms. The van der Waals surface area contributed by atoms with Gasteiger partial charge in [0.2, 0.25) is 0 Å². The molecule has 0 saturated heterocycles. The predicted octanol–water partition coefficient (Wildman–Crippen LogP) is 4.05. The second kappa shape index (κ2) is 9.87. The number of carbonyl (C=O) groups is 2. The molecule has 0 radical (unpaired) electrons. The monoisotopic (exact) mass is 524 g/mol. The molecule has 4 aliphatic rings. The first kappa shape index (κ1) is 27.9. The van der Waals surface area contributed by atoms with E-state index in [2.05, 4.69) is 13.8 Å². The fourth-order valence-corrected chi connectivity index (χ4v) is 9.41. The summed E-state index contributed by atoms with van der Waals surface area (Å²) < 4.78 is 28.6. The van der Waals surface area contributed by atoms with Gasteiger partial charge in [-0.1, -0.05) is 32.4 Å². The average molecular weight is 525 g/mol. The van der Waals surface area contributed by atoms with Gasteiger partial charge < -0.3 is 24.0 Å². The van der Waals surface area contributed by atoms with E-state index < -0.39 is 42.5 Å². The number of rotatable bonds is 9. The zero-order valence-corrected chi connectivity index (χ0v) is 23.0. The van der Waals surface area contributed by atoms with Crippen molar-refractivity contribution in [3.05, 3.63) is 23.8 Å². The van der Waals surface area contributed by atoms with Gasteiger partial charge in [-0.2, -0.15) is 0 Å². The van der Waals surface area contributed by atoms with E-state index in [9.17, 15) is 24.4 Å². The van der Waals surface area contributed by atoms with Crippen molar-refractivity contribution in [1.82, 2.24) is 0 Å². The molecule has 4 rings (SSSR count). The summed E-state index contributed by atoms with van der Waals surface area (Å²) in [7, 11) is -3.47. The largest absolute Gasteiger partial charge is 0.393 e. The summed E-state index contributed by atoms with van der Waals surface area (Å²) in [6.45, 7) is 9.54. The van der Waals surface area contributed by atoms with Crippen LogP contribution in [0.5, 0.6) is 0 Å². The highest BCUT2D eigenvalue weighted by atomic mass is 31.2. The Bertz CT molecular complexity index is 996. The molecule has 36 heavy (non-hydrogen) atoms. The van der Waals surface area contributed by atoms with E-state index in [4.69, 9.17) is 13.8 Å². The summed E-state index contributed by atoms with van der Waals surface area (Å²) in [6, 6.07) is 0. The van der Waals surface area contributed by atoms with Gasteiger partial charge in [-0.3, -0.25) is 14.2 Å².